The molecule has 1 aromatic rings. The van der Waals surface area contributed by atoms with Gasteiger partial charge in [0.1, 0.15) is 0 Å². The van der Waals surface area contributed by atoms with Crippen LogP contribution in [0.25, 0.3) is 0 Å². The molecule has 23 heavy (non-hydrogen) atoms. The number of hydrogen-bond acceptors (Lipinski definition) is 3. The third-order valence-corrected chi connectivity index (χ3v) is 7.06. The van der Waals surface area contributed by atoms with E-state index in [4.69, 9.17) is 0 Å². The number of alkyl halides is 2. The molecule has 128 valence electrons. The minimum Gasteiger partial charge on any atom is -0.302 e. The van der Waals surface area contributed by atoms with Gasteiger partial charge in [-0.15, -0.1) is 0 Å². The third-order valence-electron chi connectivity index (χ3n) is 4.96. The van der Waals surface area contributed by atoms with E-state index in [0.717, 1.165) is 38.0 Å². The maximum Gasteiger partial charge on any atom is 0.263 e. The number of benzene rings is 1. The van der Waals surface area contributed by atoms with Gasteiger partial charge in [-0.3, -0.25) is 0 Å². The summed E-state index contributed by atoms with van der Waals surface area (Å²) in [6, 6.07) is 6.55. The van der Waals surface area contributed by atoms with Crippen molar-refractivity contribution < 1.29 is 17.2 Å². The van der Waals surface area contributed by atoms with Crippen LogP contribution in [0.4, 0.5) is 8.78 Å². The van der Waals surface area contributed by atoms with Gasteiger partial charge >= 0.3 is 0 Å². The molecule has 1 spiro atoms. The van der Waals surface area contributed by atoms with Crippen molar-refractivity contribution in [3.8, 4) is 0 Å². The lowest BCUT2D eigenvalue weighted by Crippen LogP contribution is -2.50. The van der Waals surface area contributed by atoms with E-state index in [1.165, 1.54) is 12.1 Å². The molecule has 3 nitrogen and oxygen atoms in total. The Morgan fingerprint density at radius 1 is 1.22 bits per heavy atom. The molecule has 2 fully saturated rings. The molecule has 0 amide bonds. The SMILES string of the molecule is CC(Cc1ccc(C(F)F)cc1)CN1CCC2(C1)CS(=O)(=O)C2. The highest BCUT2D eigenvalue weighted by molar-refractivity contribution is 7.92. The molecule has 0 saturated carbocycles. The van der Waals surface area contributed by atoms with Crippen molar-refractivity contribution in [3.63, 3.8) is 0 Å². The predicted molar refractivity (Wildman–Crippen MR) is 86.4 cm³/mol. The van der Waals surface area contributed by atoms with Crippen molar-refractivity contribution in [2.24, 2.45) is 11.3 Å². The molecule has 0 bridgehead atoms. The van der Waals surface area contributed by atoms with E-state index in [9.17, 15) is 17.2 Å². The molecule has 6 heteroatoms. The summed E-state index contributed by atoms with van der Waals surface area (Å²) in [4.78, 5) is 2.35. The molecule has 3 rings (SSSR count). The van der Waals surface area contributed by atoms with Gasteiger partial charge in [0.05, 0.1) is 11.5 Å². The van der Waals surface area contributed by atoms with E-state index in [1.54, 1.807) is 12.1 Å². The van der Waals surface area contributed by atoms with E-state index < -0.39 is 16.3 Å². The fourth-order valence-corrected chi connectivity index (χ4v) is 6.27. The van der Waals surface area contributed by atoms with Gasteiger partial charge in [-0.25, -0.2) is 17.2 Å². The summed E-state index contributed by atoms with van der Waals surface area (Å²) in [5.74, 6) is 1.11. The van der Waals surface area contributed by atoms with Crippen LogP contribution in [-0.4, -0.2) is 44.5 Å². The maximum atomic E-state index is 12.5. The minimum absolute atomic E-state index is 0.0114. The second-order valence-electron chi connectivity index (χ2n) is 7.37. The van der Waals surface area contributed by atoms with E-state index in [-0.39, 0.29) is 11.0 Å². The number of rotatable bonds is 5. The highest BCUT2D eigenvalue weighted by atomic mass is 32.2. The van der Waals surface area contributed by atoms with E-state index in [0.29, 0.717) is 17.4 Å². The summed E-state index contributed by atoms with van der Waals surface area (Å²) in [6.07, 6.45) is -0.589. The molecule has 0 aromatic heterocycles. The molecule has 2 saturated heterocycles. The van der Waals surface area contributed by atoms with Gasteiger partial charge in [0.15, 0.2) is 9.84 Å². The largest absolute Gasteiger partial charge is 0.302 e. The fourth-order valence-electron chi connectivity index (χ4n) is 4.02. The van der Waals surface area contributed by atoms with Gasteiger partial charge in [-0.05, 0) is 30.9 Å². The molecule has 2 heterocycles. The Kier molecular flexibility index (Phi) is 4.49. The van der Waals surface area contributed by atoms with Gasteiger partial charge in [-0.1, -0.05) is 31.2 Å². The Bertz CT molecular complexity index is 646. The van der Waals surface area contributed by atoms with Gasteiger partial charge in [0, 0.05) is 24.1 Å². The number of likely N-dealkylation sites (tertiary alicyclic amines) is 1. The molecular weight excluding hydrogens is 320 g/mol. The minimum atomic E-state index is -2.77. The zero-order valence-electron chi connectivity index (χ0n) is 13.3. The monoisotopic (exact) mass is 343 g/mol. The lowest BCUT2D eigenvalue weighted by molar-refractivity contribution is 0.151. The lowest BCUT2D eigenvalue weighted by atomic mass is 9.91. The van der Waals surface area contributed by atoms with Crippen LogP contribution < -0.4 is 0 Å². The first-order chi connectivity index (χ1) is 10.8. The van der Waals surface area contributed by atoms with Crippen LogP contribution in [0.2, 0.25) is 0 Å². The van der Waals surface area contributed by atoms with Gasteiger partial charge < -0.3 is 4.90 Å². The molecule has 0 N–H and O–H groups in total. The average Bonchev–Trinajstić information content (AvgIpc) is 2.80. The van der Waals surface area contributed by atoms with E-state index in [2.05, 4.69) is 11.8 Å². The molecule has 0 radical (unpaired) electrons. The molecular formula is C17H23F2NO2S. The first-order valence-electron chi connectivity index (χ1n) is 8.07. The Hall–Kier alpha value is -1.01. The quantitative estimate of drug-likeness (QED) is 0.825. The van der Waals surface area contributed by atoms with Crippen molar-refractivity contribution in [2.45, 2.75) is 26.2 Å². The predicted octanol–water partition coefficient (Wildman–Crippen LogP) is 2.92. The Labute approximate surface area is 136 Å². The molecule has 1 aromatic carbocycles. The van der Waals surface area contributed by atoms with Gasteiger partial charge in [-0.2, -0.15) is 0 Å². The summed E-state index contributed by atoms with van der Waals surface area (Å²) in [5, 5.41) is 0. The zero-order chi connectivity index (χ0) is 16.7. The summed E-state index contributed by atoms with van der Waals surface area (Å²) in [5.41, 5.74) is 1.15. The molecule has 2 aliphatic heterocycles. The van der Waals surface area contributed by atoms with Crippen molar-refractivity contribution >= 4 is 9.84 Å². The number of hydrogen-bond donors (Lipinski definition) is 0. The first-order valence-corrected chi connectivity index (χ1v) is 9.89. The van der Waals surface area contributed by atoms with E-state index >= 15 is 0 Å². The standard InChI is InChI=1S/C17H23F2NO2S/c1-13(8-14-2-4-15(5-3-14)16(18)19)9-20-7-6-17(10-20)11-23(21,22)12-17/h2-5,13,16H,6-12H2,1H3. The Morgan fingerprint density at radius 3 is 2.43 bits per heavy atom. The number of halogens is 2. The second kappa shape index (κ2) is 6.13. The first kappa shape index (κ1) is 16.8. The van der Waals surface area contributed by atoms with Crippen molar-refractivity contribution in [1.82, 2.24) is 4.90 Å². The van der Waals surface area contributed by atoms with Crippen molar-refractivity contribution in [1.29, 1.82) is 0 Å². The van der Waals surface area contributed by atoms with E-state index in [1.807, 2.05) is 0 Å². The normalized spacial score (nSPS) is 24.0. The van der Waals surface area contributed by atoms with Crippen LogP contribution in [0.3, 0.4) is 0 Å². The fraction of sp³-hybridized carbons (Fsp3) is 0.647. The number of nitrogens with zero attached hydrogens (tertiary/aromatic N) is 1. The van der Waals surface area contributed by atoms with Crippen LogP contribution in [0, 0.1) is 11.3 Å². The van der Waals surface area contributed by atoms with Gasteiger partial charge in [0.2, 0.25) is 0 Å². The number of sulfone groups is 1. The maximum absolute atomic E-state index is 12.5. The summed E-state index contributed by atoms with van der Waals surface area (Å²) in [7, 11) is -2.77. The molecule has 2 aliphatic rings. The Balaban J connectivity index is 1.49. The van der Waals surface area contributed by atoms with Crippen LogP contribution in [0.5, 0.6) is 0 Å². The second-order valence-corrected chi connectivity index (χ2v) is 9.43. The van der Waals surface area contributed by atoms with Crippen LogP contribution in [0.15, 0.2) is 24.3 Å². The smallest absolute Gasteiger partial charge is 0.263 e. The van der Waals surface area contributed by atoms with Crippen molar-refractivity contribution in [3.05, 3.63) is 35.4 Å². The van der Waals surface area contributed by atoms with Crippen molar-refractivity contribution in [2.75, 3.05) is 31.1 Å². The summed E-state index contributed by atoms with van der Waals surface area (Å²) in [6.45, 7) is 4.92. The Morgan fingerprint density at radius 2 is 1.87 bits per heavy atom. The topological polar surface area (TPSA) is 37.4 Å². The third kappa shape index (κ3) is 3.91. The van der Waals surface area contributed by atoms with Crippen LogP contribution >= 0.6 is 0 Å². The highest BCUT2D eigenvalue weighted by Crippen LogP contribution is 2.41. The molecule has 1 unspecified atom stereocenters. The lowest BCUT2D eigenvalue weighted by Gasteiger charge is -2.37. The summed E-state index contributed by atoms with van der Waals surface area (Å²) < 4.78 is 47.9. The molecule has 1 atom stereocenters. The van der Waals surface area contributed by atoms with Crippen LogP contribution in [-0.2, 0) is 16.3 Å². The van der Waals surface area contributed by atoms with Crippen LogP contribution in [0.1, 0.15) is 30.9 Å². The molecule has 0 aliphatic carbocycles. The summed E-state index contributed by atoms with van der Waals surface area (Å²) >= 11 is 0. The highest BCUT2D eigenvalue weighted by Gasteiger charge is 2.51. The van der Waals surface area contributed by atoms with Gasteiger partial charge in [0.25, 0.3) is 6.43 Å². The average molecular weight is 343 g/mol. The zero-order valence-corrected chi connectivity index (χ0v) is 14.2.